The zero-order valence-electron chi connectivity index (χ0n) is 16.2. The van der Waals surface area contributed by atoms with E-state index in [1.165, 1.54) is 24.2 Å². The molecule has 0 bridgehead atoms. The van der Waals surface area contributed by atoms with E-state index in [-0.39, 0.29) is 12.3 Å². The zero-order valence-corrected chi connectivity index (χ0v) is 17.0. The number of benzene rings is 1. The van der Waals surface area contributed by atoms with Gasteiger partial charge in [0, 0.05) is 23.6 Å². The molecular weight excluding hydrogens is 362 g/mol. The van der Waals surface area contributed by atoms with Crippen LogP contribution in [-0.4, -0.2) is 43.1 Å². The van der Waals surface area contributed by atoms with Crippen molar-refractivity contribution >= 4 is 22.4 Å². The molecule has 2 aromatic rings. The molecule has 7 heteroatoms. The molecular formula is C20H27N3O3S. The standard InChI is InChI=1S/C20H27N3O3S/c1-14-6-8-23(9-7-14)12-16-13-27-20(21-16)22-19(24)10-15-4-5-17(25-2)11-18(15)26-3/h4-5,11,13-14H,6-10,12H2,1-3H3,(H,21,22,24). The van der Waals surface area contributed by atoms with Crippen molar-refractivity contribution in [2.75, 3.05) is 32.6 Å². The molecule has 0 atom stereocenters. The lowest BCUT2D eigenvalue weighted by molar-refractivity contribution is -0.115. The maximum atomic E-state index is 12.4. The molecule has 1 aliphatic heterocycles. The number of nitrogens with one attached hydrogen (secondary N) is 1. The zero-order chi connectivity index (χ0) is 19.2. The van der Waals surface area contributed by atoms with Crippen molar-refractivity contribution in [2.45, 2.75) is 32.7 Å². The van der Waals surface area contributed by atoms with E-state index in [1.807, 2.05) is 17.5 Å². The highest BCUT2D eigenvalue weighted by Gasteiger charge is 2.17. The van der Waals surface area contributed by atoms with Crippen LogP contribution in [-0.2, 0) is 17.8 Å². The second-order valence-electron chi connectivity index (χ2n) is 7.01. The number of carbonyl (C=O) groups excluding carboxylic acids is 1. The Hall–Kier alpha value is -2.12. The van der Waals surface area contributed by atoms with Gasteiger partial charge in [0.2, 0.25) is 5.91 Å². The number of thiazole rings is 1. The second-order valence-corrected chi connectivity index (χ2v) is 7.86. The number of amides is 1. The van der Waals surface area contributed by atoms with E-state index in [2.05, 4.69) is 22.1 Å². The molecule has 1 fully saturated rings. The summed E-state index contributed by atoms with van der Waals surface area (Å²) >= 11 is 1.47. The van der Waals surface area contributed by atoms with Crippen molar-refractivity contribution in [3.63, 3.8) is 0 Å². The summed E-state index contributed by atoms with van der Waals surface area (Å²) in [6.07, 6.45) is 2.72. The van der Waals surface area contributed by atoms with Crippen molar-refractivity contribution in [1.82, 2.24) is 9.88 Å². The molecule has 6 nitrogen and oxygen atoms in total. The monoisotopic (exact) mass is 389 g/mol. The van der Waals surface area contributed by atoms with Crippen LogP contribution >= 0.6 is 11.3 Å². The number of carbonyl (C=O) groups is 1. The van der Waals surface area contributed by atoms with Crippen LogP contribution in [0, 0.1) is 5.92 Å². The number of nitrogens with zero attached hydrogens (tertiary/aromatic N) is 2. The Morgan fingerprint density at radius 2 is 2.07 bits per heavy atom. The molecule has 1 saturated heterocycles. The first-order valence-corrected chi connectivity index (χ1v) is 10.1. The first-order valence-electron chi connectivity index (χ1n) is 9.25. The van der Waals surface area contributed by atoms with Gasteiger partial charge in [0.25, 0.3) is 0 Å². The van der Waals surface area contributed by atoms with E-state index >= 15 is 0 Å². The minimum Gasteiger partial charge on any atom is -0.497 e. The maximum Gasteiger partial charge on any atom is 0.230 e. The van der Waals surface area contributed by atoms with Gasteiger partial charge in [-0.2, -0.15) is 0 Å². The summed E-state index contributed by atoms with van der Waals surface area (Å²) in [7, 11) is 3.19. The Morgan fingerprint density at radius 3 is 2.78 bits per heavy atom. The molecule has 2 heterocycles. The van der Waals surface area contributed by atoms with Gasteiger partial charge in [-0.05, 0) is 37.9 Å². The predicted molar refractivity (Wildman–Crippen MR) is 108 cm³/mol. The van der Waals surface area contributed by atoms with Crippen molar-refractivity contribution in [2.24, 2.45) is 5.92 Å². The molecule has 146 valence electrons. The molecule has 27 heavy (non-hydrogen) atoms. The number of hydrogen-bond donors (Lipinski definition) is 1. The molecule has 1 N–H and O–H groups in total. The fraction of sp³-hybridized carbons (Fsp3) is 0.500. The van der Waals surface area contributed by atoms with Crippen LogP contribution in [0.3, 0.4) is 0 Å². The van der Waals surface area contributed by atoms with Gasteiger partial charge in [-0.1, -0.05) is 13.0 Å². The molecule has 0 aliphatic carbocycles. The third-order valence-corrected chi connectivity index (χ3v) is 5.71. The lowest BCUT2D eigenvalue weighted by atomic mass is 9.99. The SMILES string of the molecule is COc1ccc(CC(=O)Nc2nc(CN3CCC(C)CC3)cs2)c(OC)c1. The third kappa shape index (κ3) is 5.43. The van der Waals surface area contributed by atoms with Gasteiger partial charge in [0.1, 0.15) is 11.5 Å². The molecule has 0 saturated carbocycles. The normalized spacial score (nSPS) is 15.5. The first-order chi connectivity index (χ1) is 13.1. The highest BCUT2D eigenvalue weighted by molar-refractivity contribution is 7.13. The number of likely N-dealkylation sites (tertiary alicyclic amines) is 1. The molecule has 3 rings (SSSR count). The summed E-state index contributed by atoms with van der Waals surface area (Å²) in [6.45, 7) is 5.41. The average molecular weight is 390 g/mol. The topological polar surface area (TPSA) is 63.7 Å². The van der Waals surface area contributed by atoms with Crippen LogP contribution in [0.1, 0.15) is 31.0 Å². The van der Waals surface area contributed by atoms with Gasteiger partial charge >= 0.3 is 0 Å². The Kier molecular flexibility index (Phi) is 6.68. The average Bonchev–Trinajstić information content (AvgIpc) is 3.10. The molecule has 0 unspecified atom stereocenters. The van der Waals surface area contributed by atoms with Crippen LogP contribution in [0.25, 0.3) is 0 Å². The van der Waals surface area contributed by atoms with Crippen molar-refractivity contribution in [3.05, 3.63) is 34.8 Å². The van der Waals surface area contributed by atoms with Gasteiger partial charge in [-0.3, -0.25) is 9.69 Å². The number of ether oxygens (including phenoxy) is 2. The summed E-state index contributed by atoms with van der Waals surface area (Å²) in [5, 5.41) is 5.57. The summed E-state index contributed by atoms with van der Waals surface area (Å²) < 4.78 is 10.5. The number of rotatable bonds is 7. The van der Waals surface area contributed by atoms with E-state index < -0.39 is 0 Å². The van der Waals surface area contributed by atoms with Crippen LogP contribution in [0.2, 0.25) is 0 Å². The molecule has 0 spiro atoms. The van der Waals surface area contributed by atoms with Gasteiger partial charge in [-0.15, -0.1) is 11.3 Å². The van der Waals surface area contributed by atoms with E-state index in [4.69, 9.17) is 9.47 Å². The third-order valence-electron chi connectivity index (χ3n) is 4.91. The minimum absolute atomic E-state index is 0.105. The molecule has 1 aliphatic rings. The van der Waals surface area contributed by atoms with Crippen molar-refractivity contribution in [3.8, 4) is 11.5 Å². The highest BCUT2D eigenvalue weighted by atomic mass is 32.1. The van der Waals surface area contributed by atoms with E-state index in [0.29, 0.717) is 16.6 Å². The lowest BCUT2D eigenvalue weighted by Crippen LogP contribution is -2.32. The summed E-state index contributed by atoms with van der Waals surface area (Å²) in [5.74, 6) is 2.06. The summed E-state index contributed by atoms with van der Waals surface area (Å²) in [4.78, 5) is 19.4. The number of methoxy groups -OCH3 is 2. The van der Waals surface area contributed by atoms with Gasteiger partial charge in [0.05, 0.1) is 26.3 Å². The Labute approximate surface area is 164 Å². The Morgan fingerprint density at radius 1 is 1.30 bits per heavy atom. The van der Waals surface area contributed by atoms with Crippen LogP contribution in [0.5, 0.6) is 11.5 Å². The fourth-order valence-corrected chi connectivity index (χ4v) is 3.94. The number of piperidine rings is 1. The lowest BCUT2D eigenvalue weighted by Gasteiger charge is -2.29. The molecule has 1 aromatic heterocycles. The van der Waals surface area contributed by atoms with Crippen LogP contribution in [0.15, 0.2) is 23.6 Å². The van der Waals surface area contributed by atoms with Gasteiger partial charge in [0.15, 0.2) is 5.13 Å². The smallest absolute Gasteiger partial charge is 0.230 e. The Bertz CT molecular complexity index is 770. The first kappa shape index (κ1) is 19.6. The van der Waals surface area contributed by atoms with Gasteiger partial charge < -0.3 is 14.8 Å². The van der Waals surface area contributed by atoms with E-state index in [1.54, 1.807) is 20.3 Å². The van der Waals surface area contributed by atoms with Crippen molar-refractivity contribution in [1.29, 1.82) is 0 Å². The van der Waals surface area contributed by atoms with Gasteiger partial charge in [-0.25, -0.2) is 4.98 Å². The molecule has 1 amide bonds. The van der Waals surface area contributed by atoms with Crippen molar-refractivity contribution < 1.29 is 14.3 Å². The molecule has 1 aromatic carbocycles. The Balaban J connectivity index is 1.55. The fourth-order valence-electron chi connectivity index (χ4n) is 3.22. The number of aromatic nitrogens is 1. The van der Waals surface area contributed by atoms with Crippen LogP contribution < -0.4 is 14.8 Å². The van der Waals surface area contributed by atoms with Crippen LogP contribution in [0.4, 0.5) is 5.13 Å². The van der Waals surface area contributed by atoms with E-state index in [0.717, 1.165) is 36.8 Å². The largest absolute Gasteiger partial charge is 0.497 e. The minimum atomic E-state index is -0.105. The van der Waals surface area contributed by atoms with E-state index in [9.17, 15) is 4.79 Å². The number of anilines is 1. The molecule has 0 radical (unpaired) electrons. The second kappa shape index (κ2) is 9.19. The summed E-state index contributed by atoms with van der Waals surface area (Å²) in [6, 6.07) is 5.46. The quantitative estimate of drug-likeness (QED) is 0.784. The predicted octanol–water partition coefficient (Wildman–Crippen LogP) is 3.57. The number of hydrogen-bond acceptors (Lipinski definition) is 6. The summed E-state index contributed by atoms with van der Waals surface area (Å²) in [5.41, 5.74) is 1.84. The highest BCUT2D eigenvalue weighted by Crippen LogP contribution is 2.26. The maximum absolute atomic E-state index is 12.4.